The Bertz CT molecular complexity index is 827. The van der Waals surface area contributed by atoms with E-state index in [-0.39, 0.29) is 6.10 Å². The zero-order valence-electron chi connectivity index (χ0n) is 13.2. The van der Waals surface area contributed by atoms with Gasteiger partial charge in [-0.2, -0.15) is 0 Å². The number of hydrogen-bond acceptors (Lipinski definition) is 4. The molecule has 0 fully saturated rings. The number of aliphatic hydroxyl groups excluding tert-OH is 1. The Labute approximate surface area is 150 Å². The molecule has 0 aliphatic rings. The van der Waals surface area contributed by atoms with Crippen LogP contribution in [0.15, 0.2) is 30.5 Å². The molecular weight excluding hydrogens is 347 g/mol. The van der Waals surface area contributed by atoms with Crippen LogP contribution in [-0.2, 0) is 12.8 Å². The Balaban J connectivity index is 1.67. The van der Waals surface area contributed by atoms with Crippen LogP contribution in [0.5, 0.6) is 0 Å². The Hall–Kier alpha value is -1.82. The molecular formula is C17H18Cl2N4O. The molecule has 0 aliphatic carbocycles. The first kappa shape index (κ1) is 17.0. The number of nitrogens with one attached hydrogen (secondary N) is 2. The predicted molar refractivity (Wildman–Crippen MR) is 97.9 cm³/mol. The zero-order chi connectivity index (χ0) is 17.1. The van der Waals surface area contributed by atoms with Gasteiger partial charge in [0.1, 0.15) is 10.3 Å². The highest BCUT2D eigenvalue weighted by atomic mass is 35.5. The Morgan fingerprint density at radius 3 is 2.67 bits per heavy atom. The number of nitrogens with zero attached hydrogens (tertiary/aromatic N) is 2. The van der Waals surface area contributed by atoms with E-state index >= 15 is 0 Å². The number of aromatic nitrogens is 3. The number of anilines is 1. The van der Waals surface area contributed by atoms with Gasteiger partial charge in [-0.3, -0.25) is 0 Å². The maximum absolute atomic E-state index is 9.50. The number of halogens is 2. The topological polar surface area (TPSA) is 73.8 Å². The van der Waals surface area contributed by atoms with Crippen LogP contribution in [0.4, 0.5) is 5.95 Å². The second kappa shape index (κ2) is 7.38. The summed E-state index contributed by atoms with van der Waals surface area (Å²) >= 11 is 11.7. The predicted octanol–water partition coefficient (Wildman–Crippen LogP) is 3.84. The molecule has 126 valence electrons. The van der Waals surface area contributed by atoms with Crippen molar-refractivity contribution in [2.45, 2.75) is 25.9 Å². The fourth-order valence-corrected chi connectivity index (χ4v) is 3.11. The van der Waals surface area contributed by atoms with Gasteiger partial charge in [-0.25, -0.2) is 9.97 Å². The molecule has 1 aromatic carbocycles. The molecule has 0 amide bonds. The maximum Gasteiger partial charge on any atom is 0.225 e. The average Bonchev–Trinajstić information content (AvgIpc) is 2.88. The minimum atomic E-state index is -0.342. The largest absolute Gasteiger partial charge is 0.393 e. The molecule has 7 heteroatoms. The highest BCUT2D eigenvalue weighted by Gasteiger charge is 2.07. The summed E-state index contributed by atoms with van der Waals surface area (Å²) in [5, 5.41) is 14.4. The van der Waals surface area contributed by atoms with Crippen LogP contribution in [0.1, 0.15) is 18.1 Å². The van der Waals surface area contributed by atoms with Crippen LogP contribution in [-0.4, -0.2) is 32.7 Å². The van der Waals surface area contributed by atoms with Crippen molar-refractivity contribution < 1.29 is 5.11 Å². The Morgan fingerprint density at radius 2 is 1.96 bits per heavy atom. The number of fused-ring (bicyclic) bond motifs is 1. The van der Waals surface area contributed by atoms with Gasteiger partial charge in [-0.1, -0.05) is 35.3 Å². The zero-order valence-corrected chi connectivity index (χ0v) is 14.7. The molecule has 1 unspecified atom stereocenters. The van der Waals surface area contributed by atoms with Crippen molar-refractivity contribution >= 4 is 40.1 Å². The molecule has 0 saturated carbocycles. The van der Waals surface area contributed by atoms with Gasteiger partial charge in [0, 0.05) is 29.7 Å². The summed E-state index contributed by atoms with van der Waals surface area (Å²) in [5.74, 6) is 0.423. The lowest BCUT2D eigenvalue weighted by molar-refractivity contribution is 0.195. The van der Waals surface area contributed by atoms with E-state index in [0.717, 1.165) is 17.5 Å². The molecule has 3 N–H and O–H groups in total. The standard InChI is InChI=1S/C17H18Cl2N4O/c1-10(24)6-11-2-3-13-12(9-21-14(13)7-11)4-5-20-17-22-15(18)8-16(19)23-17/h2-3,7-10,21,24H,4-6H2,1H3,(H,20,22,23). The second-order valence-corrected chi connectivity index (χ2v) is 6.54. The summed E-state index contributed by atoms with van der Waals surface area (Å²) in [5.41, 5.74) is 3.39. The number of rotatable bonds is 6. The van der Waals surface area contributed by atoms with Gasteiger partial charge in [-0.15, -0.1) is 0 Å². The number of aromatic amines is 1. The van der Waals surface area contributed by atoms with Crippen LogP contribution in [0.3, 0.4) is 0 Å². The van der Waals surface area contributed by atoms with Crippen molar-refractivity contribution in [3.63, 3.8) is 0 Å². The van der Waals surface area contributed by atoms with Crippen molar-refractivity contribution in [2.75, 3.05) is 11.9 Å². The fraction of sp³-hybridized carbons (Fsp3) is 0.294. The highest BCUT2D eigenvalue weighted by molar-refractivity contribution is 6.33. The quantitative estimate of drug-likeness (QED) is 0.581. The Morgan fingerprint density at radius 1 is 1.21 bits per heavy atom. The van der Waals surface area contributed by atoms with Crippen LogP contribution < -0.4 is 5.32 Å². The van der Waals surface area contributed by atoms with Gasteiger partial charge in [0.25, 0.3) is 0 Å². The van der Waals surface area contributed by atoms with Gasteiger partial charge in [0.05, 0.1) is 6.10 Å². The third kappa shape index (κ3) is 4.17. The van der Waals surface area contributed by atoms with Gasteiger partial charge in [-0.05, 0) is 37.0 Å². The van der Waals surface area contributed by atoms with Gasteiger partial charge in [0.2, 0.25) is 5.95 Å². The molecule has 3 aromatic rings. The van der Waals surface area contributed by atoms with Crippen LogP contribution >= 0.6 is 23.2 Å². The fourth-order valence-electron chi connectivity index (χ4n) is 2.69. The lowest BCUT2D eigenvalue weighted by atomic mass is 10.0. The van der Waals surface area contributed by atoms with E-state index in [1.165, 1.54) is 17.0 Å². The SMILES string of the molecule is CC(O)Cc1ccc2c(CCNc3nc(Cl)cc(Cl)n3)c[nH]c2c1. The summed E-state index contributed by atoms with van der Waals surface area (Å²) in [4.78, 5) is 11.4. The Kier molecular flexibility index (Phi) is 5.23. The van der Waals surface area contributed by atoms with E-state index in [9.17, 15) is 5.11 Å². The number of benzene rings is 1. The monoisotopic (exact) mass is 364 g/mol. The number of hydrogen-bond donors (Lipinski definition) is 3. The summed E-state index contributed by atoms with van der Waals surface area (Å²) in [6.45, 7) is 2.46. The first-order valence-corrected chi connectivity index (χ1v) is 8.48. The first-order chi connectivity index (χ1) is 11.5. The van der Waals surface area contributed by atoms with E-state index < -0.39 is 0 Å². The van der Waals surface area contributed by atoms with E-state index in [1.807, 2.05) is 6.20 Å². The van der Waals surface area contributed by atoms with E-state index in [2.05, 4.69) is 38.5 Å². The molecule has 5 nitrogen and oxygen atoms in total. The number of aliphatic hydroxyl groups is 1. The van der Waals surface area contributed by atoms with Gasteiger partial charge in [0.15, 0.2) is 0 Å². The highest BCUT2D eigenvalue weighted by Crippen LogP contribution is 2.21. The van der Waals surface area contributed by atoms with Crippen molar-refractivity contribution in [1.82, 2.24) is 15.0 Å². The molecule has 1 atom stereocenters. The average molecular weight is 365 g/mol. The lowest BCUT2D eigenvalue weighted by Gasteiger charge is -2.06. The smallest absolute Gasteiger partial charge is 0.225 e. The maximum atomic E-state index is 9.50. The summed E-state index contributed by atoms with van der Waals surface area (Å²) in [6.07, 6.45) is 3.12. The molecule has 0 aliphatic heterocycles. The molecule has 0 bridgehead atoms. The normalized spacial score (nSPS) is 12.5. The van der Waals surface area contributed by atoms with Crippen LogP contribution in [0.2, 0.25) is 10.3 Å². The molecule has 0 radical (unpaired) electrons. The minimum absolute atomic E-state index is 0.315. The number of H-pyrrole nitrogens is 1. The van der Waals surface area contributed by atoms with E-state index in [4.69, 9.17) is 23.2 Å². The molecule has 0 saturated heterocycles. The lowest BCUT2D eigenvalue weighted by Crippen LogP contribution is -2.08. The van der Waals surface area contributed by atoms with E-state index in [0.29, 0.717) is 29.2 Å². The van der Waals surface area contributed by atoms with Gasteiger partial charge >= 0.3 is 0 Å². The summed E-state index contributed by atoms with van der Waals surface area (Å²) < 4.78 is 0. The molecule has 24 heavy (non-hydrogen) atoms. The van der Waals surface area contributed by atoms with E-state index in [1.54, 1.807) is 6.92 Å². The minimum Gasteiger partial charge on any atom is -0.393 e. The molecule has 2 aromatic heterocycles. The van der Waals surface area contributed by atoms with Crippen molar-refractivity contribution in [3.8, 4) is 0 Å². The molecule has 3 rings (SSSR count). The molecule has 0 spiro atoms. The van der Waals surface area contributed by atoms with Gasteiger partial charge < -0.3 is 15.4 Å². The van der Waals surface area contributed by atoms with Crippen molar-refractivity contribution in [2.24, 2.45) is 0 Å². The molecule has 2 heterocycles. The second-order valence-electron chi connectivity index (χ2n) is 5.76. The summed E-state index contributed by atoms with van der Waals surface area (Å²) in [7, 11) is 0. The van der Waals surface area contributed by atoms with Crippen LogP contribution in [0.25, 0.3) is 10.9 Å². The van der Waals surface area contributed by atoms with Crippen molar-refractivity contribution in [1.29, 1.82) is 0 Å². The third-order valence-corrected chi connectivity index (χ3v) is 4.09. The summed E-state index contributed by atoms with van der Waals surface area (Å²) in [6, 6.07) is 7.73. The van der Waals surface area contributed by atoms with Crippen LogP contribution in [0, 0.1) is 0 Å². The third-order valence-electron chi connectivity index (χ3n) is 3.70. The van der Waals surface area contributed by atoms with Crippen molar-refractivity contribution in [3.05, 3.63) is 51.9 Å². The first-order valence-electron chi connectivity index (χ1n) is 7.72.